The zero-order valence-electron chi connectivity index (χ0n) is 33.7. The van der Waals surface area contributed by atoms with Gasteiger partial charge in [-0.25, -0.2) is 15.0 Å². The molecule has 0 spiro atoms. The van der Waals surface area contributed by atoms with E-state index >= 15 is 0 Å². The van der Waals surface area contributed by atoms with Gasteiger partial charge in [0.1, 0.15) is 28.0 Å². The number of nitrogens with zero attached hydrogens (tertiary/aromatic N) is 6. The van der Waals surface area contributed by atoms with Crippen molar-refractivity contribution in [1.29, 1.82) is 0 Å². The van der Waals surface area contributed by atoms with Gasteiger partial charge in [0.25, 0.3) is 0 Å². The smallest absolute Gasteiger partial charge is 0.238 e. The largest absolute Gasteiger partial charge is 0.455 e. The molecule has 63 heavy (non-hydrogen) atoms. The van der Waals surface area contributed by atoms with Crippen molar-refractivity contribution in [1.82, 2.24) is 29.5 Å². The minimum Gasteiger partial charge on any atom is -0.455 e. The number of para-hydroxylation sites is 3. The first-order valence-corrected chi connectivity index (χ1v) is 20.7. The average molecular weight is 811 g/mol. The molecule has 0 N–H and O–H groups in total. The van der Waals surface area contributed by atoms with Crippen LogP contribution in [-0.4, -0.2) is 29.5 Å². The Morgan fingerprint density at radius 3 is 1.95 bits per heavy atom. The van der Waals surface area contributed by atoms with E-state index < -0.39 is 0 Å². The van der Waals surface area contributed by atoms with Crippen molar-refractivity contribution in [3.63, 3.8) is 0 Å². The van der Waals surface area contributed by atoms with Crippen molar-refractivity contribution in [2.24, 2.45) is 0 Å². The fourth-order valence-corrected chi connectivity index (χ4v) is 8.56. The van der Waals surface area contributed by atoms with Crippen LogP contribution < -0.4 is 0 Å². The Labute approximate surface area is 360 Å². The summed E-state index contributed by atoms with van der Waals surface area (Å²) in [4.78, 5) is 25.7. The monoisotopic (exact) mass is 810 g/mol. The summed E-state index contributed by atoms with van der Waals surface area (Å²) in [6, 6.07) is 55.6. The molecule has 0 aliphatic rings. The van der Waals surface area contributed by atoms with Gasteiger partial charge >= 0.3 is 0 Å². The lowest BCUT2D eigenvalue weighted by molar-refractivity contribution is 0.663. The maximum atomic E-state index is 6.68. The van der Waals surface area contributed by atoms with E-state index in [9.17, 15) is 0 Å². The first kappa shape index (κ1) is 36.1. The van der Waals surface area contributed by atoms with Crippen molar-refractivity contribution >= 4 is 71.9 Å². The van der Waals surface area contributed by atoms with Crippen molar-refractivity contribution in [2.75, 3.05) is 0 Å². The van der Waals surface area contributed by atoms with E-state index in [2.05, 4.69) is 90.0 Å². The summed E-state index contributed by atoms with van der Waals surface area (Å²) in [6.07, 6.45) is 9.35. The van der Waals surface area contributed by atoms with Gasteiger partial charge in [0.2, 0.25) is 5.95 Å². The van der Waals surface area contributed by atoms with E-state index in [0.29, 0.717) is 40.3 Å². The summed E-state index contributed by atoms with van der Waals surface area (Å²) < 4.78 is 15.1. The number of aromatic nitrogens is 6. The molecule has 0 fully saturated rings. The van der Waals surface area contributed by atoms with E-state index in [1.807, 2.05) is 109 Å². The first-order valence-electron chi connectivity index (χ1n) is 20.7. The van der Waals surface area contributed by atoms with Gasteiger partial charge < -0.3 is 8.83 Å². The Hall–Kier alpha value is -8.75. The van der Waals surface area contributed by atoms with Gasteiger partial charge in [0.05, 0.1) is 16.6 Å². The molecule has 0 aliphatic heterocycles. The molecule has 5 heterocycles. The summed E-state index contributed by atoms with van der Waals surface area (Å²) in [5.74, 6) is 2.17. The van der Waals surface area contributed by atoms with Crippen LogP contribution in [0, 0.1) is 0 Å². The van der Waals surface area contributed by atoms with E-state index in [4.69, 9.17) is 33.8 Å². The van der Waals surface area contributed by atoms with Crippen molar-refractivity contribution < 1.29 is 8.83 Å². The van der Waals surface area contributed by atoms with Crippen LogP contribution in [0.25, 0.3) is 123 Å². The number of allylic oxidation sites excluding steroid dienone is 4. The molecule has 12 rings (SSSR count). The van der Waals surface area contributed by atoms with Crippen LogP contribution in [0.4, 0.5) is 0 Å². The molecule has 7 aromatic carbocycles. The molecule has 0 saturated carbocycles. The minimum atomic E-state index is 0.527. The fraction of sp³-hybridized carbons (Fsp3) is 0. The number of fused-ring (bicyclic) bond motifs is 9. The molecule has 5 aromatic heterocycles. The summed E-state index contributed by atoms with van der Waals surface area (Å²) in [7, 11) is 0. The van der Waals surface area contributed by atoms with Gasteiger partial charge in [-0.2, -0.15) is 9.97 Å². The Balaban J connectivity index is 1.04. The number of furan rings is 2. The number of hydrogen-bond donors (Lipinski definition) is 0. The molecule has 0 bridgehead atoms. The lowest BCUT2D eigenvalue weighted by Crippen LogP contribution is -2.06. The Bertz CT molecular complexity index is 3820. The molecule has 0 saturated heterocycles. The predicted octanol–water partition coefficient (Wildman–Crippen LogP) is 14.0. The van der Waals surface area contributed by atoms with Gasteiger partial charge in [-0.1, -0.05) is 146 Å². The topological polar surface area (TPSA) is 95.7 Å². The van der Waals surface area contributed by atoms with Crippen LogP contribution in [0.5, 0.6) is 0 Å². The van der Waals surface area contributed by atoms with Gasteiger partial charge in [-0.3, -0.25) is 4.57 Å². The Kier molecular flexibility index (Phi) is 8.46. The second-order valence-electron chi connectivity index (χ2n) is 15.3. The lowest BCUT2D eigenvalue weighted by Gasteiger charge is -2.11. The molecule has 8 heteroatoms. The van der Waals surface area contributed by atoms with Gasteiger partial charge in [-0.15, -0.1) is 0 Å². The molecular formula is C55H34N6O2. The zero-order chi connectivity index (χ0) is 41.9. The molecule has 12 aromatic rings. The maximum absolute atomic E-state index is 6.68. The lowest BCUT2D eigenvalue weighted by atomic mass is 10.0. The SMILES string of the molecule is C=C/C=C\C=C\c1nc(-c2cccc3c2oc2ccc(-c4nc(-c5ccccc5)nc(-n5c6ccccc6c6ccc(-c7ccccc7)cc65)n4)cc23)nc2c1oc1ccccc12. The highest BCUT2D eigenvalue weighted by molar-refractivity contribution is 6.12. The van der Waals surface area contributed by atoms with Crippen LogP contribution in [0.1, 0.15) is 5.69 Å². The summed E-state index contributed by atoms with van der Waals surface area (Å²) in [5, 5.41) is 4.99. The van der Waals surface area contributed by atoms with Crippen LogP contribution in [0.3, 0.4) is 0 Å². The molecule has 0 atom stereocenters. The molecule has 0 amide bonds. The fourth-order valence-electron chi connectivity index (χ4n) is 8.56. The second kappa shape index (κ2) is 14.8. The summed E-state index contributed by atoms with van der Waals surface area (Å²) in [5.41, 5.74) is 10.9. The maximum Gasteiger partial charge on any atom is 0.238 e. The quantitative estimate of drug-likeness (QED) is 0.141. The molecular weight excluding hydrogens is 777 g/mol. The number of hydrogen-bond acceptors (Lipinski definition) is 7. The van der Waals surface area contributed by atoms with E-state index in [1.54, 1.807) is 6.08 Å². The van der Waals surface area contributed by atoms with E-state index in [1.165, 1.54) is 0 Å². The van der Waals surface area contributed by atoms with Gasteiger partial charge in [-0.05, 0) is 65.7 Å². The number of benzene rings is 7. The van der Waals surface area contributed by atoms with Crippen LogP contribution in [0.2, 0.25) is 0 Å². The third kappa shape index (κ3) is 6.11. The van der Waals surface area contributed by atoms with Crippen molar-refractivity contribution in [3.8, 4) is 51.2 Å². The van der Waals surface area contributed by atoms with Crippen LogP contribution >= 0.6 is 0 Å². The van der Waals surface area contributed by atoms with Crippen LogP contribution in [0.15, 0.2) is 204 Å². The second-order valence-corrected chi connectivity index (χ2v) is 15.3. The highest BCUT2D eigenvalue weighted by atomic mass is 16.3. The van der Waals surface area contributed by atoms with Gasteiger partial charge in [0, 0.05) is 38.1 Å². The minimum absolute atomic E-state index is 0.527. The van der Waals surface area contributed by atoms with Crippen molar-refractivity contribution in [2.45, 2.75) is 0 Å². The third-order valence-electron chi connectivity index (χ3n) is 11.5. The molecule has 8 nitrogen and oxygen atoms in total. The summed E-state index contributed by atoms with van der Waals surface area (Å²) in [6.45, 7) is 3.78. The normalized spacial score (nSPS) is 12.1. The highest BCUT2D eigenvalue weighted by Crippen LogP contribution is 2.40. The Morgan fingerprint density at radius 2 is 1.11 bits per heavy atom. The predicted molar refractivity (Wildman–Crippen MR) is 254 cm³/mol. The van der Waals surface area contributed by atoms with E-state index in [-0.39, 0.29) is 0 Å². The van der Waals surface area contributed by atoms with E-state index in [0.717, 1.165) is 82.5 Å². The molecule has 0 radical (unpaired) electrons. The first-order chi connectivity index (χ1) is 31.2. The highest BCUT2D eigenvalue weighted by Gasteiger charge is 2.22. The van der Waals surface area contributed by atoms with Gasteiger partial charge in [0.15, 0.2) is 23.1 Å². The Morgan fingerprint density at radius 1 is 0.429 bits per heavy atom. The zero-order valence-corrected chi connectivity index (χ0v) is 33.7. The standard InChI is InChI=1S/C55H34N6O2/c1-2-3-4-11-25-44-51-49(41-22-13-15-27-47(41)63-51)57-54(56-44)42-24-16-23-40-43-32-37(29-31-48(43)62-50(40)42)53-58-52(35-19-9-6-10-20-35)59-55(60-53)61-45-26-14-12-21-38(45)39-30-28-36(33-46(39)61)34-17-7-5-8-18-34/h2-33H,1H2/b4-3-,25-11+. The molecule has 0 aliphatic carbocycles. The molecule has 296 valence electrons. The summed E-state index contributed by atoms with van der Waals surface area (Å²) >= 11 is 0. The van der Waals surface area contributed by atoms with Crippen LogP contribution in [-0.2, 0) is 0 Å². The molecule has 0 unspecified atom stereocenters. The average Bonchev–Trinajstić information content (AvgIpc) is 4.02. The number of rotatable bonds is 8. The van der Waals surface area contributed by atoms with Crippen molar-refractivity contribution in [3.05, 3.63) is 200 Å². The third-order valence-corrected chi connectivity index (χ3v) is 11.5.